The molecule has 1 aromatic carbocycles. The Kier molecular flexibility index (Phi) is 9.39. The molecule has 2 saturated heterocycles. The monoisotopic (exact) mass is 433 g/mol. The number of rotatable bonds is 9. The Bertz CT molecular complexity index is 686. The number of methoxy groups -OCH3 is 1. The second-order valence-electron chi connectivity index (χ2n) is 7.85. The molecule has 31 heavy (non-hydrogen) atoms. The molecule has 9 heteroatoms. The summed E-state index contributed by atoms with van der Waals surface area (Å²) < 4.78 is 10.5. The lowest BCUT2D eigenvalue weighted by Gasteiger charge is -2.36. The molecule has 3 rings (SSSR count). The van der Waals surface area contributed by atoms with Gasteiger partial charge < -0.3 is 25.0 Å². The van der Waals surface area contributed by atoms with Gasteiger partial charge in [-0.15, -0.1) is 0 Å². The van der Waals surface area contributed by atoms with E-state index in [1.54, 1.807) is 7.11 Å². The van der Waals surface area contributed by atoms with Gasteiger partial charge in [0, 0.05) is 64.6 Å². The number of hydrogen-bond donors (Lipinski definition) is 2. The Morgan fingerprint density at radius 3 is 2.13 bits per heavy atom. The van der Waals surface area contributed by atoms with Crippen LogP contribution in [0.5, 0.6) is 5.75 Å². The third-order valence-electron chi connectivity index (χ3n) is 5.77. The number of hydrogen-bond acceptors (Lipinski definition) is 7. The topological polar surface area (TPSA) is 86.4 Å². The van der Waals surface area contributed by atoms with E-state index in [9.17, 15) is 9.59 Å². The summed E-state index contributed by atoms with van der Waals surface area (Å²) in [6.45, 7) is 9.76. The molecule has 2 N–H and O–H groups in total. The van der Waals surface area contributed by atoms with Gasteiger partial charge in [-0.3, -0.25) is 19.4 Å². The van der Waals surface area contributed by atoms with E-state index >= 15 is 0 Å². The lowest BCUT2D eigenvalue weighted by molar-refractivity contribution is -0.139. The molecule has 172 valence electrons. The summed E-state index contributed by atoms with van der Waals surface area (Å²) in [6, 6.07) is 8.17. The van der Waals surface area contributed by atoms with Crippen LogP contribution in [0.1, 0.15) is 6.42 Å². The van der Waals surface area contributed by atoms with Crippen molar-refractivity contribution >= 4 is 17.5 Å². The summed E-state index contributed by atoms with van der Waals surface area (Å²) in [5, 5.41) is 5.41. The third kappa shape index (κ3) is 7.68. The van der Waals surface area contributed by atoms with Gasteiger partial charge in [-0.05, 0) is 37.2 Å². The Labute approximate surface area is 184 Å². The lowest BCUT2D eigenvalue weighted by atomic mass is 10.2. The van der Waals surface area contributed by atoms with Crippen LogP contribution in [0.25, 0.3) is 0 Å². The van der Waals surface area contributed by atoms with E-state index in [0.29, 0.717) is 13.1 Å². The van der Waals surface area contributed by atoms with E-state index in [1.807, 2.05) is 12.1 Å². The minimum absolute atomic E-state index is 0.477. The van der Waals surface area contributed by atoms with E-state index < -0.39 is 11.8 Å². The van der Waals surface area contributed by atoms with Gasteiger partial charge in [-0.25, -0.2) is 0 Å². The first-order valence-electron chi connectivity index (χ1n) is 11.1. The molecular weight excluding hydrogens is 398 g/mol. The number of carbonyl (C=O) groups excluding carboxylic acids is 2. The number of anilines is 1. The number of nitrogens with one attached hydrogen (secondary N) is 2. The van der Waals surface area contributed by atoms with Crippen LogP contribution >= 0.6 is 0 Å². The quantitative estimate of drug-likeness (QED) is 0.411. The SMILES string of the molecule is COc1ccc(N2CCN(CCCNC(=O)C(=O)NCCN3CCOCC3)CC2)cc1. The van der Waals surface area contributed by atoms with Crippen molar-refractivity contribution in [2.45, 2.75) is 6.42 Å². The maximum atomic E-state index is 11.9. The third-order valence-corrected chi connectivity index (χ3v) is 5.77. The summed E-state index contributed by atoms with van der Waals surface area (Å²) in [6.07, 6.45) is 0.829. The van der Waals surface area contributed by atoms with Crippen LogP contribution in [0, 0.1) is 0 Å². The predicted octanol–water partition coefficient (Wildman–Crippen LogP) is -0.228. The molecule has 9 nitrogen and oxygen atoms in total. The summed E-state index contributed by atoms with van der Waals surface area (Å²) in [5.74, 6) is -0.233. The minimum atomic E-state index is -0.554. The van der Waals surface area contributed by atoms with E-state index in [2.05, 4.69) is 37.5 Å². The van der Waals surface area contributed by atoms with Crippen LogP contribution in [0.4, 0.5) is 5.69 Å². The Morgan fingerprint density at radius 1 is 0.871 bits per heavy atom. The van der Waals surface area contributed by atoms with Crippen molar-refractivity contribution in [3.8, 4) is 5.75 Å². The van der Waals surface area contributed by atoms with Crippen LogP contribution in [0.15, 0.2) is 24.3 Å². The molecule has 0 spiro atoms. The zero-order chi connectivity index (χ0) is 21.9. The van der Waals surface area contributed by atoms with Gasteiger partial charge in [-0.1, -0.05) is 0 Å². The molecule has 0 aliphatic carbocycles. The van der Waals surface area contributed by atoms with Crippen molar-refractivity contribution in [2.75, 3.05) is 90.7 Å². The van der Waals surface area contributed by atoms with Crippen LogP contribution in [-0.4, -0.2) is 107 Å². The molecule has 0 unspecified atom stereocenters. The smallest absolute Gasteiger partial charge is 0.309 e. The summed E-state index contributed by atoms with van der Waals surface area (Å²) >= 11 is 0. The highest BCUT2D eigenvalue weighted by molar-refractivity contribution is 6.35. The largest absolute Gasteiger partial charge is 0.497 e. The number of nitrogens with zero attached hydrogens (tertiary/aromatic N) is 3. The number of amides is 2. The van der Waals surface area contributed by atoms with Crippen LogP contribution in [0.2, 0.25) is 0 Å². The number of benzene rings is 1. The standard InChI is InChI=1S/C22H35N5O4/c1-30-20-5-3-19(4-6-20)27-13-11-25(12-14-27)9-2-7-23-21(28)22(29)24-8-10-26-15-17-31-18-16-26/h3-6H,2,7-18H2,1H3,(H,23,28)(H,24,29). The molecule has 2 aliphatic rings. The average Bonchev–Trinajstić information content (AvgIpc) is 2.83. The molecule has 1 aromatic rings. The second-order valence-corrected chi connectivity index (χ2v) is 7.85. The van der Waals surface area contributed by atoms with Crippen LogP contribution < -0.4 is 20.3 Å². The first kappa shape index (κ1) is 23.3. The van der Waals surface area contributed by atoms with E-state index in [1.165, 1.54) is 5.69 Å². The highest BCUT2D eigenvalue weighted by atomic mass is 16.5. The summed E-state index contributed by atoms with van der Waals surface area (Å²) in [4.78, 5) is 30.8. The van der Waals surface area contributed by atoms with Crippen molar-refractivity contribution in [3.05, 3.63) is 24.3 Å². The summed E-state index contributed by atoms with van der Waals surface area (Å²) in [5.41, 5.74) is 1.22. The average molecular weight is 434 g/mol. The van der Waals surface area contributed by atoms with E-state index in [0.717, 1.165) is 77.7 Å². The minimum Gasteiger partial charge on any atom is -0.497 e. The lowest BCUT2D eigenvalue weighted by Crippen LogP contribution is -2.47. The van der Waals surface area contributed by atoms with Crippen LogP contribution in [-0.2, 0) is 14.3 Å². The van der Waals surface area contributed by atoms with Crippen molar-refractivity contribution in [3.63, 3.8) is 0 Å². The number of carbonyl (C=O) groups is 2. The molecule has 0 atom stereocenters. The second kappa shape index (κ2) is 12.5. The molecule has 2 fully saturated rings. The van der Waals surface area contributed by atoms with E-state index in [-0.39, 0.29) is 0 Å². The normalized spacial score (nSPS) is 17.9. The fourth-order valence-corrected chi connectivity index (χ4v) is 3.84. The van der Waals surface area contributed by atoms with Gasteiger partial charge in [0.15, 0.2) is 0 Å². The maximum Gasteiger partial charge on any atom is 0.309 e. The maximum absolute atomic E-state index is 11.9. The molecule has 0 aromatic heterocycles. The first-order chi connectivity index (χ1) is 15.2. The van der Waals surface area contributed by atoms with Gasteiger partial charge in [-0.2, -0.15) is 0 Å². The van der Waals surface area contributed by atoms with E-state index in [4.69, 9.17) is 9.47 Å². The molecule has 2 aliphatic heterocycles. The Balaban J connectivity index is 1.23. The highest BCUT2D eigenvalue weighted by Gasteiger charge is 2.18. The molecule has 0 radical (unpaired) electrons. The predicted molar refractivity (Wildman–Crippen MR) is 120 cm³/mol. The molecule has 0 bridgehead atoms. The van der Waals surface area contributed by atoms with Crippen molar-refractivity contribution < 1.29 is 19.1 Å². The van der Waals surface area contributed by atoms with Gasteiger partial charge in [0.05, 0.1) is 20.3 Å². The van der Waals surface area contributed by atoms with Gasteiger partial charge in [0.1, 0.15) is 5.75 Å². The first-order valence-corrected chi connectivity index (χ1v) is 11.1. The molecular formula is C22H35N5O4. The molecule has 0 saturated carbocycles. The molecule has 2 amide bonds. The van der Waals surface area contributed by atoms with Crippen molar-refractivity contribution in [2.24, 2.45) is 0 Å². The number of morpholine rings is 1. The van der Waals surface area contributed by atoms with Crippen molar-refractivity contribution in [1.29, 1.82) is 0 Å². The molecule has 2 heterocycles. The fraction of sp³-hybridized carbons (Fsp3) is 0.636. The zero-order valence-electron chi connectivity index (χ0n) is 18.5. The Morgan fingerprint density at radius 2 is 1.48 bits per heavy atom. The van der Waals surface area contributed by atoms with Crippen LogP contribution in [0.3, 0.4) is 0 Å². The zero-order valence-corrected chi connectivity index (χ0v) is 18.5. The highest BCUT2D eigenvalue weighted by Crippen LogP contribution is 2.20. The van der Waals surface area contributed by atoms with Gasteiger partial charge >= 0.3 is 11.8 Å². The van der Waals surface area contributed by atoms with Crippen molar-refractivity contribution in [1.82, 2.24) is 20.4 Å². The number of piperazine rings is 1. The Hall–Kier alpha value is -2.36. The summed E-state index contributed by atoms with van der Waals surface area (Å²) in [7, 11) is 1.68. The van der Waals surface area contributed by atoms with Gasteiger partial charge in [0.25, 0.3) is 0 Å². The van der Waals surface area contributed by atoms with Gasteiger partial charge in [0.2, 0.25) is 0 Å². The fourth-order valence-electron chi connectivity index (χ4n) is 3.84. The number of ether oxygens (including phenoxy) is 2.